The number of halogens is 3. The van der Waals surface area contributed by atoms with Crippen LogP contribution in [0, 0.1) is 13.8 Å². The Morgan fingerprint density at radius 3 is 2.33 bits per heavy atom. The van der Waals surface area contributed by atoms with Crippen molar-refractivity contribution in [3.05, 3.63) is 59.2 Å². The highest BCUT2D eigenvalue weighted by atomic mass is 19.4. The van der Waals surface area contributed by atoms with Crippen molar-refractivity contribution in [1.82, 2.24) is 0 Å². The third kappa shape index (κ3) is 5.09. The number of anilines is 2. The Kier molecular flexibility index (Phi) is 6.25. The fraction of sp³-hybridized carbons (Fsp3) is 0.300. The summed E-state index contributed by atoms with van der Waals surface area (Å²) in [6.07, 6.45) is -4.69. The highest BCUT2D eigenvalue weighted by Gasteiger charge is 2.33. The lowest BCUT2D eigenvalue weighted by molar-refractivity contribution is -0.137. The number of nitrogens with zero attached hydrogens (tertiary/aromatic N) is 1. The van der Waals surface area contributed by atoms with Crippen LogP contribution in [0.1, 0.15) is 30.0 Å². The van der Waals surface area contributed by atoms with Crippen LogP contribution >= 0.6 is 0 Å². The Balaban J connectivity index is 2.12. The molecule has 0 heterocycles. The van der Waals surface area contributed by atoms with E-state index in [9.17, 15) is 22.8 Å². The first-order valence-corrected chi connectivity index (χ1v) is 8.41. The van der Waals surface area contributed by atoms with Gasteiger partial charge in [-0.15, -0.1) is 0 Å². The van der Waals surface area contributed by atoms with Crippen LogP contribution in [-0.4, -0.2) is 18.4 Å². The number of amides is 2. The van der Waals surface area contributed by atoms with Gasteiger partial charge in [-0.05, 0) is 43.2 Å². The van der Waals surface area contributed by atoms with Crippen molar-refractivity contribution in [1.29, 1.82) is 0 Å². The molecule has 0 spiro atoms. The van der Waals surface area contributed by atoms with Gasteiger partial charge in [-0.25, -0.2) is 0 Å². The van der Waals surface area contributed by atoms with Crippen LogP contribution in [-0.2, 0) is 15.8 Å². The first-order chi connectivity index (χ1) is 12.6. The zero-order chi connectivity index (χ0) is 20.2. The van der Waals surface area contributed by atoms with Gasteiger partial charge in [-0.2, -0.15) is 13.2 Å². The Morgan fingerprint density at radius 1 is 1.04 bits per heavy atom. The van der Waals surface area contributed by atoms with Gasteiger partial charge in [-0.3, -0.25) is 9.59 Å². The molecule has 7 heteroatoms. The van der Waals surface area contributed by atoms with Crippen LogP contribution < -0.4 is 10.2 Å². The summed E-state index contributed by atoms with van der Waals surface area (Å²) in [6, 6.07) is 10.3. The number of alkyl halides is 3. The van der Waals surface area contributed by atoms with E-state index in [1.807, 2.05) is 26.0 Å². The molecule has 0 unspecified atom stereocenters. The summed E-state index contributed by atoms with van der Waals surface area (Å²) >= 11 is 0. The molecule has 2 rings (SSSR count). The van der Waals surface area contributed by atoms with Gasteiger partial charge >= 0.3 is 6.18 Å². The normalized spacial score (nSPS) is 11.2. The van der Waals surface area contributed by atoms with E-state index < -0.39 is 17.6 Å². The van der Waals surface area contributed by atoms with Crippen LogP contribution in [0.5, 0.6) is 0 Å². The summed E-state index contributed by atoms with van der Waals surface area (Å²) in [5, 5.41) is 2.29. The van der Waals surface area contributed by atoms with Gasteiger partial charge < -0.3 is 10.2 Å². The lowest BCUT2D eigenvalue weighted by Gasteiger charge is -2.24. The third-order valence-corrected chi connectivity index (χ3v) is 4.32. The molecule has 27 heavy (non-hydrogen) atoms. The van der Waals surface area contributed by atoms with E-state index >= 15 is 0 Å². The van der Waals surface area contributed by atoms with Crippen molar-refractivity contribution in [2.45, 2.75) is 33.4 Å². The molecule has 2 aromatic rings. The SMILES string of the molecule is CC(=O)N(CCC(=O)Nc1ccccc1C(F)(F)F)c1cccc(C)c1C. The van der Waals surface area contributed by atoms with Gasteiger partial charge in [0.2, 0.25) is 11.8 Å². The minimum Gasteiger partial charge on any atom is -0.325 e. The second kappa shape index (κ2) is 8.24. The zero-order valence-corrected chi connectivity index (χ0v) is 15.4. The van der Waals surface area contributed by atoms with E-state index in [1.54, 1.807) is 6.07 Å². The Hall–Kier alpha value is -2.83. The Bertz CT molecular complexity index is 847. The molecule has 0 radical (unpaired) electrons. The fourth-order valence-electron chi connectivity index (χ4n) is 2.74. The van der Waals surface area contributed by atoms with Crippen molar-refractivity contribution in [3.8, 4) is 0 Å². The zero-order valence-electron chi connectivity index (χ0n) is 15.4. The number of carbonyl (C=O) groups excluding carboxylic acids is 2. The van der Waals surface area contributed by atoms with Gasteiger partial charge in [0.05, 0.1) is 11.3 Å². The van der Waals surface area contributed by atoms with Crippen molar-refractivity contribution < 1.29 is 22.8 Å². The van der Waals surface area contributed by atoms with Crippen molar-refractivity contribution in [2.24, 2.45) is 0 Å². The molecule has 0 bridgehead atoms. The monoisotopic (exact) mass is 378 g/mol. The van der Waals surface area contributed by atoms with E-state index in [-0.39, 0.29) is 24.6 Å². The highest BCUT2D eigenvalue weighted by molar-refractivity contribution is 5.95. The molecule has 0 atom stereocenters. The number of benzene rings is 2. The largest absolute Gasteiger partial charge is 0.418 e. The molecule has 0 saturated carbocycles. The maximum absolute atomic E-state index is 13.0. The molecule has 0 saturated heterocycles. The van der Waals surface area contributed by atoms with Crippen LogP contribution in [0.2, 0.25) is 0 Å². The van der Waals surface area contributed by atoms with Gasteiger partial charge in [0.15, 0.2) is 0 Å². The van der Waals surface area contributed by atoms with Crippen molar-refractivity contribution in [3.63, 3.8) is 0 Å². The minimum absolute atomic E-state index is 0.0691. The molecular formula is C20H21F3N2O2. The second-order valence-electron chi connectivity index (χ2n) is 6.23. The van der Waals surface area contributed by atoms with Crippen molar-refractivity contribution >= 4 is 23.2 Å². The minimum atomic E-state index is -4.56. The summed E-state index contributed by atoms with van der Waals surface area (Å²) in [6.45, 7) is 5.25. The predicted molar refractivity (Wildman–Crippen MR) is 98.6 cm³/mol. The number of rotatable bonds is 5. The number of para-hydroxylation sites is 1. The molecule has 0 aliphatic rings. The highest BCUT2D eigenvalue weighted by Crippen LogP contribution is 2.34. The molecule has 2 amide bonds. The molecule has 1 N–H and O–H groups in total. The van der Waals surface area contributed by atoms with Gasteiger partial charge in [0.1, 0.15) is 0 Å². The number of carbonyl (C=O) groups is 2. The number of hydrogen-bond acceptors (Lipinski definition) is 2. The molecule has 144 valence electrons. The smallest absolute Gasteiger partial charge is 0.325 e. The fourth-order valence-corrected chi connectivity index (χ4v) is 2.74. The standard InChI is InChI=1S/C20H21F3N2O2/c1-13-7-6-10-18(14(13)2)25(15(3)26)12-11-19(27)24-17-9-5-4-8-16(17)20(21,22)23/h4-10H,11-12H2,1-3H3,(H,24,27). The van der Waals surface area contributed by atoms with Crippen molar-refractivity contribution in [2.75, 3.05) is 16.8 Å². The van der Waals surface area contributed by atoms with E-state index in [2.05, 4.69) is 5.32 Å². The van der Waals surface area contributed by atoms with Gasteiger partial charge in [0.25, 0.3) is 0 Å². The van der Waals surface area contributed by atoms with Crippen LogP contribution in [0.3, 0.4) is 0 Å². The third-order valence-electron chi connectivity index (χ3n) is 4.32. The topological polar surface area (TPSA) is 49.4 Å². The summed E-state index contributed by atoms with van der Waals surface area (Å²) in [5.74, 6) is -0.838. The maximum atomic E-state index is 13.0. The van der Waals surface area contributed by atoms with E-state index in [4.69, 9.17) is 0 Å². The van der Waals surface area contributed by atoms with Gasteiger partial charge in [0, 0.05) is 25.6 Å². The second-order valence-corrected chi connectivity index (χ2v) is 6.23. The molecule has 4 nitrogen and oxygen atoms in total. The average Bonchev–Trinajstić information content (AvgIpc) is 2.58. The Labute approximate surface area is 156 Å². The summed E-state index contributed by atoms with van der Waals surface area (Å²) in [4.78, 5) is 25.7. The van der Waals surface area contributed by atoms with Gasteiger partial charge in [-0.1, -0.05) is 24.3 Å². The molecule has 2 aromatic carbocycles. The molecular weight excluding hydrogens is 357 g/mol. The summed E-state index contributed by atoms with van der Waals surface area (Å²) in [5.41, 5.74) is 1.40. The summed E-state index contributed by atoms with van der Waals surface area (Å²) < 4.78 is 39.1. The average molecular weight is 378 g/mol. The lowest BCUT2D eigenvalue weighted by Crippen LogP contribution is -2.32. The number of aryl methyl sites for hydroxylation is 1. The summed E-state index contributed by atoms with van der Waals surface area (Å²) in [7, 11) is 0. The molecule has 0 aliphatic carbocycles. The quantitative estimate of drug-likeness (QED) is 0.820. The molecule has 0 aromatic heterocycles. The first-order valence-electron chi connectivity index (χ1n) is 8.41. The maximum Gasteiger partial charge on any atom is 0.418 e. The molecule has 0 fully saturated rings. The Morgan fingerprint density at radius 2 is 1.70 bits per heavy atom. The molecule has 0 aliphatic heterocycles. The number of nitrogens with one attached hydrogen (secondary N) is 1. The van der Waals surface area contributed by atoms with Crippen LogP contribution in [0.25, 0.3) is 0 Å². The lowest BCUT2D eigenvalue weighted by atomic mass is 10.1. The van der Waals surface area contributed by atoms with E-state index in [1.165, 1.54) is 30.0 Å². The van der Waals surface area contributed by atoms with E-state index in [0.717, 1.165) is 17.2 Å². The first kappa shape index (κ1) is 20.5. The van der Waals surface area contributed by atoms with E-state index in [0.29, 0.717) is 5.69 Å². The number of hydrogen-bond donors (Lipinski definition) is 1. The van der Waals surface area contributed by atoms with Crippen LogP contribution in [0.15, 0.2) is 42.5 Å². The predicted octanol–water partition coefficient (Wildman–Crippen LogP) is 4.70. The van der Waals surface area contributed by atoms with Crippen LogP contribution in [0.4, 0.5) is 24.5 Å².